The van der Waals surface area contributed by atoms with Crippen LogP contribution >= 0.6 is 34.3 Å². The van der Waals surface area contributed by atoms with Gasteiger partial charge in [-0.3, -0.25) is 0 Å². The number of nitrogens with one attached hydrogen (secondary N) is 1. The molecule has 1 nitrogen and oxygen atoms in total. The molecule has 0 fully saturated rings. The highest BCUT2D eigenvalue weighted by Gasteiger charge is 2.13. The van der Waals surface area contributed by atoms with E-state index in [1.165, 1.54) is 9.75 Å². The van der Waals surface area contributed by atoms with Gasteiger partial charge in [-0.05, 0) is 37.4 Å². The van der Waals surface area contributed by atoms with Crippen LogP contribution in [0.25, 0.3) is 0 Å². The van der Waals surface area contributed by atoms with Gasteiger partial charge in [0.1, 0.15) is 0 Å². The Balaban J connectivity index is 2.00. The Morgan fingerprint density at radius 3 is 2.44 bits per heavy atom. The van der Waals surface area contributed by atoms with Crippen LogP contribution in [0.2, 0.25) is 4.34 Å². The van der Waals surface area contributed by atoms with Crippen molar-refractivity contribution in [1.29, 1.82) is 0 Å². The molecule has 16 heavy (non-hydrogen) atoms. The van der Waals surface area contributed by atoms with E-state index < -0.39 is 0 Å². The van der Waals surface area contributed by atoms with Crippen LogP contribution in [0.5, 0.6) is 0 Å². The van der Waals surface area contributed by atoms with Crippen molar-refractivity contribution in [3.05, 3.63) is 43.7 Å². The van der Waals surface area contributed by atoms with E-state index >= 15 is 0 Å². The summed E-state index contributed by atoms with van der Waals surface area (Å²) in [6, 6.07) is 9.02. The number of hydrogen-bond acceptors (Lipinski definition) is 3. The van der Waals surface area contributed by atoms with Gasteiger partial charge in [-0.25, -0.2) is 0 Å². The zero-order chi connectivity index (χ0) is 11.5. The van der Waals surface area contributed by atoms with Gasteiger partial charge in [0.05, 0.1) is 4.34 Å². The standard InChI is InChI=1S/C12H14ClNS2/c1-8(10-4-3-7-15-10)14-9(2)11-5-6-12(13)16-11/h3-9,14H,1-2H3/t8-,9?/m0/s1. The molecule has 0 amide bonds. The van der Waals surface area contributed by atoms with Gasteiger partial charge in [0, 0.05) is 21.8 Å². The summed E-state index contributed by atoms with van der Waals surface area (Å²) >= 11 is 9.36. The van der Waals surface area contributed by atoms with Crippen molar-refractivity contribution >= 4 is 34.3 Å². The molecule has 4 heteroatoms. The first-order valence-electron chi connectivity index (χ1n) is 5.21. The lowest BCUT2D eigenvalue weighted by Gasteiger charge is -2.17. The van der Waals surface area contributed by atoms with Crippen LogP contribution in [0.15, 0.2) is 29.6 Å². The predicted molar refractivity (Wildman–Crippen MR) is 73.6 cm³/mol. The molecule has 0 bridgehead atoms. The van der Waals surface area contributed by atoms with Crippen molar-refractivity contribution < 1.29 is 0 Å². The van der Waals surface area contributed by atoms with Gasteiger partial charge in [0.2, 0.25) is 0 Å². The molecule has 1 unspecified atom stereocenters. The van der Waals surface area contributed by atoms with Gasteiger partial charge in [0.25, 0.3) is 0 Å². The third-order valence-corrected chi connectivity index (χ3v) is 4.96. The maximum absolute atomic E-state index is 5.93. The van der Waals surface area contributed by atoms with Crippen LogP contribution in [0.3, 0.4) is 0 Å². The molecule has 0 radical (unpaired) electrons. The first-order chi connectivity index (χ1) is 7.66. The Morgan fingerprint density at radius 2 is 1.88 bits per heavy atom. The van der Waals surface area contributed by atoms with Crippen molar-refractivity contribution in [3.63, 3.8) is 0 Å². The van der Waals surface area contributed by atoms with E-state index in [0.29, 0.717) is 12.1 Å². The molecule has 0 saturated carbocycles. The molecule has 86 valence electrons. The fraction of sp³-hybridized carbons (Fsp3) is 0.333. The van der Waals surface area contributed by atoms with Gasteiger partial charge >= 0.3 is 0 Å². The lowest BCUT2D eigenvalue weighted by atomic mass is 10.2. The second-order valence-electron chi connectivity index (χ2n) is 3.77. The lowest BCUT2D eigenvalue weighted by molar-refractivity contribution is 0.506. The molecule has 0 aliphatic rings. The number of thiophene rings is 2. The van der Waals surface area contributed by atoms with Gasteiger partial charge < -0.3 is 5.32 Å². The molecule has 2 atom stereocenters. The van der Waals surface area contributed by atoms with E-state index in [9.17, 15) is 0 Å². The van der Waals surface area contributed by atoms with Crippen LogP contribution < -0.4 is 5.32 Å². The molecular weight excluding hydrogens is 258 g/mol. The van der Waals surface area contributed by atoms with E-state index in [4.69, 9.17) is 11.6 Å². The molecule has 2 aromatic heterocycles. The summed E-state index contributed by atoms with van der Waals surface area (Å²) in [5.74, 6) is 0. The Hall–Kier alpha value is -0.350. The van der Waals surface area contributed by atoms with Crippen LogP contribution in [0, 0.1) is 0 Å². The third-order valence-electron chi connectivity index (χ3n) is 2.49. The van der Waals surface area contributed by atoms with Crippen LogP contribution in [0.4, 0.5) is 0 Å². The third kappa shape index (κ3) is 2.86. The highest BCUT2D eigenvalue weighted by molar-refractivity contribution is 7.16. The fourth-order valence-electron chi connectivity index (χ4n) is 1.64. The van der Waals surface area contributed by atoms with Crippen LogP contribution in [-0.4, -0.2) is 0 Å². The van der Waals surface area contributed by atoms with Crippen molar-refractivity contribution in [2.24, 2.45) is 0 Å². The maximum atomic E-state index is 5.93. The SMILES string of the molecule is CC(N[C@@H](C)c1cccs1)c1ccc(Cl)s1. The summed E-state index contributed by atoms with van der Waals surface area (Å²) in [4.78, 5) is 2.66. The minimum atomic E-state index is 0.342. The molecule has 2 heterocycles. The van der Waals surface area contributed by atoms with E-state index in [2.05, 4.69) is 42.7 Å². The highest BCUT2D eigenvalue weighted by Crippen LogP contribution is 2.29. The van der Waals surface area contributed by atoms with E-state index in [0.717, 1.165) is 4.34 Å². The van der Waals surface area contributed by atoms with Crippen LogP contribution in [0.1, 0.15) is 35.7 Å². The van der Waals surface area contributed by atoms with Gasteiger partial charge in [0.15, 0.2) is 0 Å². The molecule has 0 aromatic carbocycles. The summed E-state index contributed by atoms with van der Waals surface area (Å²) in [6.07, 6.45) is 0. The summed E-state index contributed by atoms with van der Waals surface area (Å²) in [5.41, 5.74) is 0. The molecule has 1 N–H and O–H groups in total. The van der Waals surface area contributed by atoms with Gasteiger partial charge in [-0.15, -0.1) is 22.7 Å². The van der Waals surface area contributed by atoms with E-state index in [1.54, 1.807) is 22.7 Å². The number of rotatable bonds is 4. The Bertz CT molecular complexity index is 436. The first kappa shape index (κ1) is 12.1. The molecule has 0 aliphatic carbocycles. The minimum absolute atomic E-state index is 0.342. The average Bonchev–Trinajstić information content (AvgIpc) is 2.87. The van der Waals surface area contributed by atoms with Crippen molar-refractivity contribution in [2.75, 3.05) is 0 Å². The van der Waals surface area contributed by atoms with Gasteiger partial charge in [-0.1, -0.05) is 17.7 Å². The molecule has 0 spiro atoms. The second kappa shape index (κ2) is 5.32. The smallest absolute Gasteiger partial charge is 0.0931 e. The van der Waals surface area contributed by atoms with E-state index in [1.807, 2.05) is 6.07 Å². The summed E-state index contributed by atoms with van der Waals surface area (Å²) in [7, 11) is 0. The minimum Gasteiger partial charge on any atom is -0.302 e. The Labute approximate surface area is 109 Å². The molecule has 2 rings (SSSR count). The number of halogens is 1. The zero-order valence-electron chi connectivity index (χ0n) is 9.24. The number of hydrogen-bond donors (Lipinski definition) is 1. The summed E-state index contributed by atoms with van der Waals surface area (Å²) in [5, 5.41) is 5.69. The topological polar surface area (TPSA) is 12.0 Å². The normalized spacial score (nSPS) is 14.9. The van der Waals surface area contributed by atoms with Crippen LogP contribution in [-0.2, 0) is 0 Å². The Morgan fingerprint density at radius 1 is 1.12 bits per heavy atom. The van der Waals surface area contributed by atoms with Crippen molar-refractivity contribution in [3.8, 4) is 0 Å². The Kier molecular flexibility index (Phi) is 4.03. The molecule has 0 aliphatic heterocycles. The summed E-state index contributed by atoms with van der Waals surface area (Å²) < 4.78 is 0.854. The first-order valence-corrected chi connectivity index (χ1v) is 7.29. The van der Waals surface area contributed by atoms with Crippen molar-refractivity contribution in [1.82, 2.24) is 5.32 Å². The summed E-state index contributed by atoms with van der Waals surface area (Å²) in [6.45, 7) is 4.36. The molecular formula is C12H14ClNS2. The highest BCUT2D eigenvalue weighted by atomic mass is 35.5. The quantitative estimate of drug-likeness (QED) is 0.836. The molecule has 0 saturated heterocycles. The van der Waals surface area contributed by atoms with Crippen molar-refractivity contribution in [2.45, 2.75) is 25.9 Å². The lowest BCUT2D eigenvalue weighted by Crippen LogP contribution is -2.20. The van der Waals surface area contributed by atoms with Gasteiger partial charge in [-0.2, -0.15) is 0 Å². The predicted octanol–water partition coefficient (Wildman–Crippen LogP) is 4.87. The monoisotopic (exact) mass is 271 g/mol. The van der Waals surface area contributed by atoms with E-state index in [-0.39, 0.29) is 0 Å². The fourth-order valence-corrected chi connectivity index (χ4v) is 3.45. The molecule has 2 aromatic rings. The second-order valence-corrected chi connectivity index (χ2v) is 6.49. The zero-order valence-corrected chi connectivity index (χ0v) is 11.6. The largest absolute Gasteiger partial charge is 0.302 e. The average molecular weight is 272 g/mol. The maximum Gasteiger partial charge on any atom is 0.0931 e.